The van der Waals surface area contributed by atoms with E-state index in [1.165, 1.54) is 17.5 Å². The lowest BCUT2D eigenvalue weighted by Gasteiger charge is -1.99. The second-order valence-corrected chi connectivity index (χ2v) is 3.69. The monoisotopic (exact) mass is 223 g/mol. The Morgan fingerprint density at radius 3 is 3.13 bits per heavy atom. The van der Waals surface area contributed by atoms with E-state index in [1.807, 2.05) is 0 Å². The molecule has 7 heteroatoms. The molecule has 1 amide bonds. The van der Waals surface area contributed by atoms with Gasteiger partial charge in [-0.25, -0.2) is 9.97 Å². The van der Waals surface area contributed by atoms with Crippen molar-refractivity contribution in [1.82, 2.24) is 20.3 Å². The second kappa shape index (κ2) is 4.09. The van der Waals surface area contributed by atoms with Crippen molar-refractivity contribution >= 4 is 22.4 Å². The third-order valence-electron chi connectivity index (χ3n) is 1.71. The number of nitrogens with one attached hydrogen (secondary N) is 2. The van der Waals surface area contributed by atoms with Crippen LogP contribution in [0.4, 0.5) is 5.13 Å². The molecule has 0 radical (unpaired) electrons. The number of nitrogens with two attached hydrogens (primary N) is 1. The first-order chi connectivity index (χ1) is 7.25. The Morgan fingerprint density at radius 1 is 1.67 bits per heavy atom. The first-order valence-electron chi connectivity index (χ1n) is 4.23. The standard InChI is InChI=1S/C8H9N5OS/c9-8-13-5(4-15-8)3-12-7(14)6-10-1-2-11-6/h1-2,4H,3H2,(H2,9,13)(H,10,11)(H,12,14). The van der Waals surface area contributed by atoms with E-state index >= 15 is 0 Å². The number of carbonyl (C=O) groups excluding carboxylic acids is 1. The molecule has 2 heterocycles. The number of amides is 1. The molecule has 0 bridgehead atoms. The molecule has 2 rings (SSSR count). The molecule has 6 nitrogen and oxygen atoms in total. The van der Waals surface area contributed by atoms with E-state index < -0.39 is 0 Å². The van der Waals surface area contributed by atoms with E-state index in [0.29, 0.717) is 17.5 Å². The maximum Gasteiger partial charge on any atom is 0.287 e. The lowest BCUT2D eigenvalue weighted by molar-refractivity contribution is 0.0941. The molecule has 0 aliphatic carbocycles. The number of nitrogens with zero attached hydrogens (tertiary/aromatic N) is 2. The van der Waals surface area contributed by atoms with Crippen molar-refractivity contribution in [2.75, 3.05) is 5.73 Å². The molecule has 0 atom stereocenters. The summed E-state index contributed by atoms with van der Waals surface area (Å²) in [5.74, 6) is 0.0322. The Balaban J connectivity index is 1.91. The Bertz CT molecular complexity index is 449. The SMILES string of the molecule is Nc1nc(CNC(=O)c2ncc[nH]2)cs1. The number of imidazole rings is 1. The number of anilines is 1. The zero-order valence-corrected chi connectivity index (χ0v) is 8.54. The smallest absolute Gasteiger partial charge is 0.287 e. The Morgan fingerprint density at radius 2 is 2.53 bits per heavy atom. The van der Waals surface area contributed by atoms with Gasteiger partial charge in [0, 0.05) is 17.8 Å². The van der Waals surface area contributed by atoms with Gasteiger partial charge in [-0.1, -0.05) is 0 Å². The van der Waals surface area contributed by atoms with Crippen LogP contribution in [0.5, 0.6) is 0 Å². The number of hydrogen-bond acceptors (Lipinski definition) is 5. The van der Waals surface area contributed by atoms with Crippen LogP contribution in [0.2, 0.25) is 0 Å². The van der Waals surface area contributed by atoms with Gasteiger partial charge in [-0.3, -0.25) is 4.79 Å². The Labute approximate surface area is 89.6 Å². The van der Waals surface area contributed by atoms with Gasteiger partial charge in [0.1, 0.15) is 0 Å². The number of hydrogen-bond donors (Lipinski definition) is 3. The van der Waals surface area contributed by atoms with Gasteiger partial charge in [0.25, 0.3) is 5.91 Å². The fraction of sp³-hybridized carbons (Fsp3) is 0.125. The number of nitrogen functional groups attached to an aromatic ring is 1. The summed E-state index contributed by atoms with van der Waals surface area (Å²) in [7, 11) is 0. The van der Waals surface area contributed by atoms with E-state index in [-0.39, 0.29) is 5.91 Å². The molecule has 0 unspecified atom stereocenters. The van der Waals surface area contributed by atoms with E-state index in [4.69, 9.17) is 5.73 Å². The van der Waals surface area contributed by atoms with Gasteiger partial charge in [-0.05, 0) is 0 Å². The van der Waals surface area contributed by atoms with Crippen LogP contribution in [0, 0.1) is 0 Å². The van der Waals surface area contributed by atoms with Crippen molar-refractivity contribution < 1.29 is 4.79 Å². The minimum Gasteiger partial charge on any atom is -0.375 e. The largest absolute Gasteiger partial charge is 0.375 e. The van der Waals surface area contributed by atoms with E-state index in [1.54, 1.807) is 11.6 Å². The lowest BCUT2D eigenvalue weighted by Crippen LogP contribution is -2.24. The minimum atomic E-state index is -0.258. The van der Waals surface area contributed by atoms with Gasteiger partial charge in [-0.2, -0.15) is 0 Å². The van der Waals surface area contributed by atoms with Crippen LogP contribution in [-0.4, -0.2) is 20.9 Å². The molecule has 4 N–H and O–H groups in total. The summed E-state index contributed by atoms with van der Waals surface area (Å²) in [5, 5.41) is 4.97. The molecule has 15 heavy (non-hydrogen) atoms. The molecule has 0 spiro atoms. The molecule has 78 valence electrons. The zero-order valence-electron chi connectivity index (χ0n) is 7.73. The van der Waals surface area contributed by atoms with Crippen LogP contribution >= 0.6 is 11.3 Å². The zero-order chi connectivity index (χ0) is 10.7. The maximum absolute atomic E-state index is 11.4. The summed E-state index contributed by atoms with van der Waals surface area (Å²) in [4.78, 5) is 22.0. The van der Waals surface area contributed by atoms with Gasteiger partial charge in [0.2, 0.25) is 0 Å². The number of rotatable bonds is 3. The molecule has 0 aliphatic rings. The van der Waals surface area contributed by atoms with Gasteiger partial charge in [0.05, 0.1) is 12.2 Å². The summed E-state index contributed by atoms with van der Waals surface area (Å²) in [5.41, 5.74) is 6.20. The van der Waals surface area contributed by atoms with Crippen molar-refractivity contribution in [3.05, 3.63) is 29.3 Å². The van der Waals surface area contributed by atoms with Crippen LogP contribution in [0.15, 0.2) is 17.8 Å². The van der Waals surface area contributed by atoms with Crippen molar-refractivity contribution in [2.45, 2.75) is 6.54 Å². The van der Waals surface area contributed by atoms with E-state index in [2.05, 4.69) is 20.3 Å². The Kier molecular flexibility index (Phi) is 2.64. The van der Waals surface area contributed by atoms with Crippen LogP contribution in [0.25, 0.3) is 0 Å². The third-order valence-corrected chi connectivity index (χ3v) is 2.44. The predicted octanol–water partition coefficient (Wildman–Crippen LogP) is 0.378. The van der Waals surface area contributed by atoms with Crippen molar-refractivity contribution in [1.29, 1.82) is 0 Å². The highest BCUT2D eigenvalue weighted by Gasteiger charge is 2.07. The maximum atomic E-state index is 11.4. The van der Waals surface area contributed by atoms with Gasteiger partial charge in [0.15, 0.2) is 11.0 Å². The summed E-state index contributed by atoms with van der Waals surface area (Å²) >= 11 is 1.35. The average Bonchev–Trinajstić information content (AvgIpc) is 2.84. The topological polar surface area (TPSA) is 96.7 Å². The molecule has 0 fully saturated rings. The van der Waals surface area contributed by atoms with E-state index in [0.717, 1.165) is 5.69 Å². The van der Waals surface area contributed by atoms with Crippen molar-refractivity contribution in [3.8, 4) is 0 Å². The van der Waals surface area contributed by atoms with Gasteiger partial charge < -0.3 is 16.0 Å². The first kappa shape index (κ1) is 9.66. The average molecular weight is 223 g/mol. The summed E-state index contributed by atoms with van der Waals surface area (Å²) in [6, 6.07) is 0. The van der Waals surface area contributed by atoms with Crippen molar-refractivity contribution in [3.63, 3.8) is 0 Å². The number of aromatic nitrogens is 3. The number of aromatic amines is 1. The number of H-pyrrole nitrogens is 1. The molecule has 0 aromatic carbocycles. The van der Waals surface area contributed by atoms with E-state index in [9.17, 15) is 4.79 Å². The first-order valence-corrected chi connectivity index (χ1v) is 5.11. The summed E-state index contributed by atoms with van der Waals surface area (Å²) < 4.78 is 0. The third kappa shape index (κ3) is 2.32. The molecule has 0 aliphatic heterocycles. The molecular weight excluding hydrogens is 214 g/mol. The number of carbonyl (C=O) groups is 1. The molecule has 2 aromatic heterocycles. The summed E-state index contributed by atoms with van der Waals surface area (Å²) in [6.45, 7) is 0.354. The quantitative estimate of drug-likeness (QED) is 0.700. The highest BCUT2D eigenvalue weighted by molar-refractivity contribution is 7.13. The van der Waals surface area contributed by atoms with Gasteiger partial charge >= 0.3 is 0 Å². The van der Waals surface area contributed by atoms with Crippen LogP contribution in [0.1, 0.15) is 16.3 Å². The lowest BCUT2D eigenvalue weighted by atomic mass is 10.4. The molecule has 0 saturated carbocycles. The molecular formula is C8H9N5OS. The predicted molar refractivity (Wildman–Crippen MR) is 56.3 cm³/mol. The fourth-order valence-corrected chi connectivity index (χ4v) is 1.61. The van der Waals surface area contributed by atoms with Crippen molar-refractivity contribution in [2.24, 2.45) is 0 Å². The van der Waals surface area contributed by atoms with Crippen LogP contribution in [-0.2, 0) is 6.54 Å². The molecule has 0 saturated heterocycles. The molecule has 2 aromatic rings. The van der Waals surface area contributed by atoms with Gasteiger partial charge in [-0.15, -0.1) is 11.3 Å². The van der Waals surface area contributed by atoms with Crippen LogP contribution < -0.4 is 11.1 Å². The number of thiazole rings is 1. The Hall–Kier alpha value is -1.89. The second-order valence-electron chi connectivity index (χ2n) is 2.80. The van der Waals surface area contributed by atoms with Crippen LogP contribution in [0.3, 0.4) is 0 Å². The fourth-order valence-electron chi connectivity index (χ4n) is 1.05. The highest BCUT2D eigenvalue weighted by atomic mass is 32.1. The highest BCUT2D eigenvalue weighted by Crippen LogP contribution is 2.10. The normalized spacial score (nSPS) is 10.1. The summed E-state index contributed by atoms with van der Waals surface area (Å²) in [6.07, 6.45) is 3.12. The minimum absolute atomic E-state index is 0.258.